The first-order valence-electron chi connectivity index (χ1n) is 5.97. The van der Waals surface area contributed by atoms with Crippen LogP contribution in [0.1, 0.15) is 23.2 Å². The van der Waals surface area contributed by atoms with E-state index in [-0.39, 0.29) is 6.61 Å². The molecule has 0 atom stereocenters. The fraction of sp³-hybridized carbons (Fsp3) is 0.357. The third-order valence-corrected chi connectivity index (χ3v) is 2.97. The van der Waals surface area contributed by atoms with Crippen LogP contribution in [0.15, 0.2) is 18.2 Å². The Hall–Kier alpha value is -2.15. The lowest BCUT2D eigenvalue weighted by Gasteiger charge is -2.20. The SMILES string of the molecule is C#CCOC(=O)c1cc(N)ccc1N1CCCC1. The molecule has 0 saturated carbocycles. The van der Waals surface area contributed by atoms with Crippen molar-refractivity contribution in [1.82, 2.24) is 0 Å². The van der Waals surface area contributed by atoms with Gasteiger partial charge in [-0.15, -0.1) is 6.42 Å². The van der Waals surface area contributed by atoms with Gasteiger partial charge in [-0.25, -0.2) is 4.79 Å². The summed E-state index contributed by atoms with van der Waals surface area (Å²) in [7, 11) is 0. The van der Waals surface area contributed by atoms with E-state index < -0.39 is 5.97 Å². The average molecular weight is 244 g/mol. The van der Waals surface area contributed by atoms with Crippen molar-refractivity contribution >= 4 is 17.3 Å². The standard InChI is InChI=1S/C14H16N2O2/c1-2-9-18-14(17)12-10-11(15)5-6-13(12)16-7-3-4-8-16/h1,5-6,10H,3-4,7-9,15H2. The van der Waals surface area contributed by atoms with Crippen LogP contribution in [0.3, 0.4) is 0 Å². The molecule has 4 nitrogen and oxygen atoms in total. The molecule has 1 aromatic rings. The molecule has 0 aliphatic carbocycles. The Kier molecular flexibility index (Phi) is 3.73. The number of esters is 1. The van der Waals surface area contributed by atoms with Crippen molar-refractivity contribution < 1.29 is 9.53 Å². The normalized spacial score (nSPS) is 14.3. The third-order valence-electron chi connectivity index (χ3n) is 2.97. The molecule has 1 fully saturated rings. The molecule has 4 heteroatoms. The van der Waals surface area contributed by atoms with E-state index >= 15 is 0 Å². The lowest BCUT2D eigenvalue weighted by Crippen LogP contribution is -2.21. The van der Waals surface area contributed by atoms with Crippen molar-refractivity contribution in [2.45, 2.75) is 12.8 Å². The molecule has 18 heavy (non-hydrogen) atoms. The quantitative estimate of drug-likeness (QED) is 0.499. The van der Waals surface area contributed by atoms with Crippen LogP contribution < -0.4 is 10.6 Å². The zero-order valence-electron chi connectivity index (χ0n) is 10.2. The molecule has 2 N–H and O–H groups in total. The monoisotopic (exact) mass is 244 g/mol. The van der Waals surface area contributed by atoms with E-state index in [9.17, 15) is 4.79 Å². The number of hydrogen-bond donors (Lipinski definition) is 1. The predicted molar refractivity (Wildman–Crippen MR) is 71.4 cm³/mol. The summed E-state index contributed by atoms with van der Waals surface area (Å²) in [5, 5.41) is 0. The second-order valence-corrected chi connectivity index (χ2v) is 4.25. The van der Waals surface area contributed by atoms with Crippen LogP contribution in [-0.4, -0.2) is 25.7 Å². The summed E-state index contributed by atoms with van der Waals surface area (Å²) in [6, 6.07) is 5.31. The fourth-order valence-electron chi connectivity index (χ4n) is 2.14. The average Bonchev–Trinajstić information content (AvgIpc) is 2.89. The topological polar surface area (TPSA) is 55.6 Å². The van der Waals surface area contributed by atoms with Crippen molar-refractivity contribution in [2.75, 3.05) is 30.3 Å². The van der Waals surface area contributed by atoms with E-state index in [0.717, 1.165) is 31.6 Å². The maximum atomic E-state index is 11.9. The second-order valence-electron chi connectivity index (χ2n) is 4.25. The van der Waals surface area contributed by atoms with Gasteiger partial charge in [0.25, 0.3) is 0 Å². The van der Waals surface area contributed by atoms with Gasteiger partial charge in [-0.05, 0) is 31.0 Å². The Labute approximate surface area is 107 Å². The zero-order chi connectivity index (χ0) is 13.0. The third kappa shape index (κ3) is 2.57. The highest BCUT2D eigenvalue weighted by Gasteiger charge is 2.20. The lowest BCUT2D eigenvalue weighted by molar-refractivity contribution is 0.0557. The number of nitrogens with zero attached hydrogens (tertiary/aromatic N) is 1. The maximum absolute atomic E-state index is 11.9. The first kappa shape index (κ1) is 12.3. The number of rotatable bonds is 3. The van der Waals surface area contributed by atoms with E-state index in [4.69, 9.17) is 16.9 Å². The minimum atomic E-state index is -0.415. The molecule has 1 aliphatic heterocycles. The molecular formula is C14H16N2O2. The summed E-state index contributed by atoms with van der Waals surface area (Å²) in [6.45, 7) is 1.89. The van der Waals surface area contributed by atoms with E-state index in [1.165, 1.54) is 0 Å². The Morgan fingerprint density at radius 3 is 2.83 bits per heavy atom. The lowest BCUT2D eigenvalue weighted by atomic mass is 10.1. The highest BCUT2D eigenvalue weighted by molar-refractivity contribution is 5.97. The van der Waals surface area contributed by atoms with Gasteiger partial charge >= 0.3 is 5.97 Å². The number of benzene rings is 1. The van der Waals surface area contributed by atoms with Crippen LogP contribution in [0.5, 0.6) is 0 Å². The van der Waals surface area contributed by atoms with Gasteiger partial charge < -0.3 is 15.4 Å². The van der Waals surface area contributed by atoms with Gasteiger partial charge in [-0.1, -0.05) is 5.92 Å². The first-order chi connectivity index (χ1) is 8.72. The maximum Gasteiger partial charge on any atom is 0.341 e. The van der Waals surface area contributed by atoms with E-state index in [1.54, 1.807) is 12.1 Å². The molecular weight excluding hydrogens is 228 g/mol. The summed E-state index contributed by atoms with van der Waals surface area (Å²) >= 11 is 0. The van der Waals surface area contributed by atoms with Gasteiger partial charge in [0, 0.05) is 18.8 Å². The Morgan fingerprint density at radius 1 is 1.44 bits per heavy atom. The molecule has 1 aliphatic rings. The first-order valence-corrected chi connectivity index (χ1v) is 5.97. The Bertz CT molecular complexity index is 485. The number of anilines is 2. The van der Waals surface area contributed by atoms with Crippen molar-refractivity contribution in [3.8, 4) is 12.3 Å². The predicted octanol–water partition coefficient (Wildman–Crippen LogP) is 1.66. The summed E-state index contributed by atoms with van der Waals surface area (Å²) in [5.41, 5.74) is 7.64. The highest BCUT2D eigenvalue weighted by atomic mass is 16.5. The largest absolute Gasteiger partial charge is 0.449 e. The van der Waals surface area contributed by atoms with Crippen LogP contribution in [0.25, 0.3) is 0 Å². The molecule has 1 heterocycles. The Morgan fingerprint density at radius 2 is 2.17 bits per heavy atom. The number of carbonyl (C=O) groups is 1. The van der Waals surface area contributed by atoms with Gasteiger partial charge in [-0.3, -0.25) is 0 Å². The number of hydrogen-bond acceptors (Lipinski definition) is 4. The molecule has 94 valence electrons. The van der Waals surface area contributed by atoms with Crippen molar-refractivity contribution in [1.29, 1.82) is 0 Å². The number of nitrogens with two attached hydrogens (primary N) is 1. The molecule has 0 bridgehead atoms. The summed E-state index contributed by atoms with van der Waals surface area (Å²) in [6.07, 6.45) is 7.37. The summed E-state index contributed by atoms with van der Waals surface area (Å²) in [5.74, 6) is 1.87. The molecule has 0 unspecified atom stereocenters. The van der Waals surface area contributed by atoms with Crippen molar-refractivity contribution in [3.05, 3.63) is 23.8 Å². The number of terminal acetylenes is 1. The smallest absolute Gasteiger partial charge is 0.341 e. The molecule has 1 aromatic carbocycles. The van der Waals surface area contributed by atoms with Crippen LogP contribution >= 0.6 is 0 Å². The molecule has 0 radical (unpaired) electrons. The summed E-state index contributed by atoms with van der Waals surface area (Å²) in [4.78, 5) is 14.1. The van der Waals surface area contributed by atoms with Gasteiger partial charge in [-0.2, -0.15) is 0 Å². The van der Waals surface area contributed by atoms with Gasteiger partial charge in [0.1, 0.15) is 0 Å². The summed E-state index contributed by atoms with van der Waals surface area (Å²) < 4.78 is 4.98. The number of carbonyl (C=O) groups excluding carboxylic acids is 1. The molecule has 1 saturated heterocycles. The van der Waals surface area contributed by atoms with Gasteiger partial charge in [0.15, 0.2) is 6.61 Å². The van der Waals surface area contributed by atoms with Gasteiger partial charge in [0.05, 0.1) is 11.3 Å². The van der Waals surface area contributed by atoms with Gasteiger partial charge in [0.2, 0.25) is 0 Å². The van der Waals surface area contributed by atoms with Crippen LogP contribution in [0.2, 0.25) is 0 Å². The van der Waals surface area contributed by atoms with Crippen LogP contribution in [0.4, 0.5) is 11.4 Å². The van der Waals surface area contributed by atoms with E-state index in [0.29, 0.717) is 11.3 Å². The van der Waals surface area contributed by atoms with Crippen LogP contribution in [-0.2, 0) is 4.74 Å². The van der Waals surface area contributed by atoms with E-state index in [2.05, 4.69) is 10.8 Å². The minimum Gasteiger partial charge on any atom is -0.449 e. The van der Waals surface area contributed by atoms with Crippen LogP contribution in [0, 0.1) is 12.3 Å². The van der Waals surface area contributed by atoms with E-state index in [1.807, 2.05) is 6.07 Å². The second kappa shape index (κ2) is 5.46. The molecule has 0 spiro atoms. The highest BCUT2D eigenvalue weighted by Crippen LogP contribution is 2.27. The Balaban J connectivity index is 2.28. The van der Waals surface area contributed by atoms with Crippen molar-refractivity contribution in [3.63, 3.8) is 0 Å². The molecule has 0 aromatic heterocycles. The number of ether oxygens (including phenoxy) is 1. The molecule has 2 rings (SSSR count). The zero-order valence-corrected chi connectivity index (χ0v) is 10.2. The molecule has 0 amide bonds. The fourth-order valence-corrected chi connectivity index (χ4v) is 2.14. The minimum absolute atomic E-state index is 0.0208. The van der Waals surface area contributed by atoms with Crippen molar-refractivity contribution in [2.24, 2.45) is 0 Å². The number of nitrogen functional groups attached to an aromatic ring is 1.